The Morgan fingerprint density at radius 2 is 1.95 bits per heavy atom. The second-order valence-corrected chi connectivity index (χ2v) is 4.73. The first-order chi connectivity index (χ1) is 9.83. The zero-order valence-electron chi connectivity index (χ0n) is 11.1. The molecule has 3 rings (SSSR count). The van der Waals surface area contributed by atoms with Gasteiger partial charge in [-0.1, -0.05) is 0 Å². The van der Waals surface area contributed by atoms with E-state index in [1.54, 1.807) is 6.20 Å². The summed E-state index contributed by atoms with van der Waals surface area (Å²) in [6, 6.07) is 7.93. The predicted molar refractivity (Wildman–Crippen MR) is 78.1 cm³/mol. The summed E-state index contributed by atoms with van der Waals surface area (Å²) in [5.41, 5.74) is 2.50. The molecule has 1 aliphatic heterocycles. The highest BCUT2D eigenvalue weighted by atomic mass is 16.1. The summed E-state index contributed by atoms with van der Waals surface area (Å²) in [4.78, 5) is 14.2. The van der Waals surface area contributed by atoms with Crippen molar-refractivity contribution >= 4 is 17.3 Å². The molecule has 1 aliphatic rings. The molecule has 2 aromatic rings. The van der Waals surface area contributed by atoms with Gasteiger partial charge >= 0.3 is 0 Å². The summed E-state index contributed by atoms with van der Waals surface area (Å²) < 4.78 is 0. The lowest BCUT2D eigenvalue weighted by atomic mass is 10.2. The van der Waals surface area contributed by atoms with E-state index in [4.69, 9.17) is 0 Å². The molecule has 0 atom stereocenters. The van der Waals surface area contributed by atoms with Crippen LogP contribution in [0.5, 0.6) is 0 Å². The molecule has 0 radical (unpaired) electrons. The van der Waals surface area contributed by atoms with Crippen LogP contribution < -0.4 is 15.5 Å². The van der Waals surface area contributed by atoms with E-state index in [1.807, 2.05) is 24.3 Å². The van der Waals surface area contributed by atoms with Crippen molar-refractivity contribution in [2.45, 2.75) is 0 Å². The maximum absolute atomic E-state index is 11.9. The van der Waals surface area contributed by atoms with E-state index in [0.29, 0.717) is 5.56 Å². The average molecular weight is 271 g/mol. The third-order valence-corrected chi connectivity index (χ3v) is 3.37. The van der Waals surface area contributed by atoms with Gasteiger partial charge in [0, 0.05) is 43.8 Å². The van der Waals surface area contributed by atoms with E-state index in [-0.39, 0.29) is 5.91 Å². The largest absolute Gasteiger partial charge is 0.369 e. The number of aromatic amines is 1. The van der Waals surface area contributed by atoms with E-state index in [2.05, 4.69) is 25.7 Å². The SMILES string of the molecule is O=C(Nc1ccc(N2CCNCC2)cc1)c1cn[nH]c1. The summed E-state index contributed by atoms with van der Waals surface area (Å²) in [6.45, 7) is 4.05. The van der Waals surface area contributed by atoms with Crippen LogP contribution in [0, 0.1) is 0 Å². The molecule has 0 bridgehead atoms. The molecule has 3 N–H and O–H groups in total. The molecule has 20 heavy (non-hydrogen) atoms. The van der Waals surface area contributed by atoms with Gasteiger partial charge in [0.15, 0.2) is 0 Å². The van der Waals surface area contributed by atoms with Gasteiger partial charge in [0.05, 0.1) is 11.8 Å². The van der Waals surface area contributed by atoms with Crippen molar-refractivity contribution in [3.8, 4) is 0 Å². The highest BCUT2D eigenvalue weighted by molar-refractivity contribution is 6.03. The summed E-state index contributed by atoms with van der Waals surface area (Å²) in [6.07, 6.45) is 3.08. The fourth-order valence-electron chi connectivity index (χ4n) is 2.26. The van der Waals surface area contributed by atoms with Gasteiger partial charge in [0.2, 0.25) is 0 Å². The van der Waals surface area contributed by atoms with Crippen LogP contribution >= 0.6 is 0 Å². The zero-order chi connectivity index (χ0) is 13.8. The Balaban J connectivity index is 1.65. The molecule has 0 saturated carbocycles. The van der Waals surface area contributed by atoms with Crippen LogP contribution in [0.3, 0.4) is 0 Å². The lowest BCUT2D eigenvalue weighted by Crippen LogP contribution is -2.43. The molecular formula is C14H17N5O. The fraction of sp³-hybridized carbons (Fsp3) is 0.286. The quantitative estimate of drug-likeness (QED) is 0.781. The first kappa shape index (κ1) is 12.7. The third kappa shape index (κ3) is 2.80. The molecule has 104 valence electrons. The number of amides is 1. The van der Waals surface area contributed by atoms with Crippen molar-refractivity contribution in [3.63, 3.8) is 0 Å². The van der Waals surface area contributed by atoms with Crippen LogP contribution in [0.25, 0.3) is 0 Å². The Hall–Kier alpha value is -2.34. The zero-order valence-corrected chi connectivity index (χ0v) is 11.1. The predicted octanol–water partition coefficient (Wildman–Crippen LogP) is 1.07. The third-order valence-electron chi connectivity index (χ3n) is 3.37. The number of nitrogens with zero attached hydrogens (tertiary/aromatic N) is 2. The molecule has 0 unspecified atom stereocenters. The normalized spacial score (nSPS) is 15.1. The van der Waals surface area contributed by atoms with E-state index >= 15 is 0 Å². The molecular weight excluding hydrogens is 254 g/mol. The minimum absolute atomic E-state index is 0.159. The highest BCUT2D eigenvalue weighted by Gasteiger charge is 2.11. The van der Waals surface area contributed by atoms with Crippen molar-refractivity contribution in [3.05, 3.63) is 42.2 Å². The Morgan fingerprint density at radius 1 is 1.20 bits per heavy atom. The number of benzene rings is 1. The Labute approximate surface area is 117 Å². The van der Waals surface area contributed by atoms with Gasteiger partial charge in [0.25, 0.3) is 5.91 Å². The number of hydrogen-bond donors (Lipinski definition) is 3. The monoisotopic (exact) mass is 271 g/mol. The molecule has 1 aromatic heterocycles. The molecule has 6 heteroatoms. The van der Waals surface area contributed by atoms with E-state index in [1.165, 1.54) is 11.9 Å². The number of rotatable bonds is 3. The van der Waals surface area contributed by atoms with E-state index < -0.39 is 0 Å². The molecule has 1 amide bonds. The highest BCUT2D eigenvalue weighted by Crippen LogP contribution is 2.18. The first-order valence-corrected chi connectivity index (χ1v) is 6.69. The Morgan fingerprint density at radius 3 is 2.60 bits per heavy atom. The average Bonchev–Trinajstić information content (AvgIpc) is 3.03. The van der Waals surface area contributed by atoms with Gasteiger partial charge in [-0.3, -0.25) is 9.89 Å². The van der Waals surface area contributed by atoms with Crippen molar-refractivity contribution in [2.75, 3.05) is 36.4 Å². The molecule has 0 aliphatic carbocycles. The summed E-state index contributed by atoms with van der Waals surface area (Å²) in [5.74, 6) is -0.159. The van der Waals surface area contributed by atoms with Gasteiger partial charge < -0.3 is 15.5 Å². The van der Waals surface area contributed by atoms with Gasteiger partial charge in [-0.2, -0.15) is 5.10 Å². The molecule has 1 saturated heterocycles. The van der Waals surface area contributed by atoms with Gasteiger partial charge in [-0.15, -0.1) is 0 Å². The Bertz CT molecular complexity index is 558. The van der Waals surface area contributed by atoms with Crippen molar-refractivity contribution in [2.24, 2.45) is 0 Å². The minimum atomic E-state index is -0.159. The van der Waals surface area contributed by atoms with Crippen LogP contribution in [0.2, 0.25) is 0 Å². The smallest absolute Gasteiger partial charge is 0.258 e. The van der Waals surface area contributed by atoms with Gasteiger partial charge in [-0.05, 0) is 24.3 Å². The standard InChI is InChI=1S/C14H17N5O/c20-14(11-9-16-17-10-11)18-12-1-3-13(4-2-12)19-7-5-15-6-8-19/h1-4,9-10,15H,5-8H2,(H,16,17)(H,18,20). The maximum Gasteiger partial charge on any atom is 0.258 e. The number of anilines is 2. The summed E-state index contributed by atoms with van der Waals surface area (Å²) in [5, 5.41) is 12.6. The van der Waals surface area contributed by atoms with Crippen LogP contribution in [-0.2, 0) is 0 Å². The number of carbonyl (C=O) groups is 1. The number of aromatic nitrogens is 2. The first-order valence-electron chi connectivity index (χ1n) is 6.69. The van der Waals surface area contributed by atoms with Crippen molar-refractivity contribution in [1.82, 2.24) is 15.5 Å². The topological polar surface area (TPSA) is 73.1 Å². The fourth-order valence-corrected chi connectivity index (χ4v) is 2.26. The van der Waals surface area contributed by atoms with Gasteiger partial charge in [-0.25, -0.2) is 0 Å². The number of hydrogen-bond acceptors (Lipinski definition) is 4. The van der Waals surface area contributed by atoms with Crippen LogP contribution in [0.4, 0.5) is 11.4 Å². The summed E-state index contributed by atoms with van der Waals surface area (Å²) >= 11 is 0. The lowest BCUT2D eigenvalue weighted by Gasteiger charge is -2.29. The van der Waals surface area contributed by atoms with Gasteiger partial charge in [0.1, 0.15) is 0 Å². The van der Waals surface area contributed by atoms with Crippen LogP contribution in [-0.4, -0.2) is 42.3 Å². The lowest BCUT2D eigenvalue weighted by molar-refractivity contribution is 0.102. The Kier molecular flexibility index (Phi) is 3.64. The number of nitrogens with one attached hydrogen (secondary N) is 3. The molecule has 6 nitrogen and oxygen atoms in total. The minimum Gasteiger partial charge on any atom is -0.369 e. The van der Waals surface area contributed by atoms with E-state index in [9.17, 15) is 4.79 Å². The summed E-state index contributed by atoms with van der Waals surface area (Å²) in [7, 11) is 0. The second-order valence-electron chi connectivity index (χ2n) is 4.73. The maximum atomic E-state index is 11.9. The number of piperazine rings is 1. The van der Waals surface area contributed by atoms with Crippen molar-refractivity contribution < 1.29 is 4.79 Å². The number of H-pyrrole nitrogens is 1. The van der Waals surface area contributed by atoms with Crippen LogP contribution in [0.1, 0.15) is 10.4 Å². The second kappa shape index (κ2) is 5.75. The van der Waals surface area contributed by atoms with Crippen LogP contribution in [0.15, 0.2) is 36.7 Å². The number of carbonyl (C=O) groups excluding carboxylic acids is 1. The molecule has 2 heterocycles. The molecule has 1 aromatic carbocycles. The van der Waals surface area contributed by atoms with Crippen molar-refractivity contribution in [1.29, 1.82) is 0 Å². The molecule has 1 fully saturated rings. The van der Waals surface area contributed by atoms with E-state index in [0.717, 1.165) is 31.9 Å². The molecule has 0 spiro atoms.